The molecule has 0 amide bonds. The van der Waals surface area contributed by atoms with Crippen LogP contribution in [0, 0.1) is 5.92 Å². The van der Waals surface area contributed by atoms with Crippen molar-refractivity contribution in [2.75, 3.05) is 0 Å². The molecule has 1 unspecified atom stereocenters. The quantitative estimate of drug-likeness (QED) is 0.0517. The highest BCUT2D eigenvalue weighted by Crippen LogP contribution is 2.32. The molecule has 0 bridgehead atoms. The van der Waals surface area contributed by atoms with Crippen molar-refractivity contribution in [3.63, 3.8) is 0 Å². The Balaban J connectivity index is 1.80. The molecule has 1 aliphatic rings. The first-order chi connectivity index (χ1) is 21.8. The standard InChI is InChI=1S/C42H80O2/c1-3-5-7-9-11-13-15-17-19-20-21-22-23-24-25-27-29-31-33-35-37-39-41-40(42(43)44-41)38-36-34-32-30-28-26-18-16-14-12-10-8-6-4-2/h39-40H,3-38H2,1-2H3/b41-39-. The summed E-state index contributed by atoms with van der Waals surface area (Å²) in [5.74, 6) is 1.09. The summed E-state index contributed by atoms with van der Waals surface area (Å²) >= 11 is 0. The molecule has 1 atom stereocenters. The van der Waals surface area contributed by atoms with Gasteiger partial charge in [0, 0.05) is 0 Å². The number of hydrogen-bond acceptors (Lipinski definition) is 2. The van der Waals surface area contributed by atoms with E-state index >= 15 is 0 Å². The second-order valence-electron chi connectivity index (χ2n) is 14.5. The van der Waals surface area contributed by atoms with Crippen LogP contribution >= 0.6 is 0 Å². The molecule has 44 heavy (non-hydrogen) atoms. The molecule has 0 aromatic rings. The van der Waals surface area contributed by atoms with Crippen molar-refractivity contribution in [3.8, 4) is 0 Å². The van der Waals surface area contributed by atoms with E-state index in [4.69, 9.17) is 4.74 Å². The molecule has 0 spiro atoms. The van der Waals surface area contributed by atoms with Gasteiger partial charge in [-0.3, -0.25) is 4.79 Å². The minimum absolute atomic E-state index is 0.0226. The summed E-state index contributed by atoms with van der Waals surface area (Å²) in [4.78, 5) is 12.0. The number of allylic oxidation sites excluding steroid dienone is 1. The Morgan fingerprint density at radius 3 is 0.977 bits per heavy atom. The van der Waals surface area contributed by atoms with Gasteiger partial charge in [0.1, 0.15) is 11.7 Å². The lowest BCUT2D eigenvalue weighted by Crippen LogP contribution is -2.32. The van der Waals surface area contributed by atoms with Crippen molar-refractivity contribution in [3.05, 3.63) is 11.8 Å². The average Bonchev–Trinajstić information content (AvgIpc) is 3.03. The Bertz CT molecular complexity index is 623. The summed E-state index contributed by atoms with van der Waals surface area (Å²) in [6.07, 6.45) is 52.1. The molecule has 2 heteroatoms. The van der Waals surface area contributed by atoms with Gasteiger partial charge in [-0.15, -0.1) is 0 Å². The molecule has 0 aliphatic carbocycles. The van der Waals surface area contributed by atoms with Crippen LogP contribution in [-0.4, -0.2) is 5.97 Å². The van der Waals surface area contributed by atoms with Crippen LogP contribution in [0.3, 0.4) is 0 Å². The van der Waals surface area contributed by atoms with Crippen molar-refractivity contribution < 1.29 is 9.53 Å². The number of esters is 1. The van der Waals surface area contributed by atoms with E-state index < -0.39 is 0 Å². The predicted molar refractivity (Wildman–Crippen MR) is 195 cm³/mol. The Morgan fingerprint density at radius 1 is 0.409 bits per heavy atom. The van der Waals surface area contributed by atoms with E-state index in [-0.39, 0.29) is 11.9 Å². The van der Waals surface area contributed by atoms with Gasteiger partial charge < -0.3 is 4.74 Å². The van der Waals surface area contributed by atoms with Crippen LogP contribution < -0.4 is 0 Å². The Kier molecular flexibility index (Phi) is 31.5. The maximum absolute atomic E-state index is 12.0. The smallest absolute Gasteiger partial charge is 0.321 e. The monoisotopic (exact) mass is 617 g/mol. The van der Waals surface area contributed by atoms with Gasteiger partial charge in [0.15, 0.2) is 0 Å². The van der Waals surface area contributed by atoms with Crippen LogP contribution in [-0.2, 0) is 9.53 Å². The molecule has 1 aliphatic heterocycles. The predicted octanol–water partition coefficient (Wildman–Crippen LogP) is 15.1. The molecule has 0 radical (unpaired) electrons. The van der Waals surface area contributed by atoms with E-state index in [0.29, 0.717) is 0 Å². The highest BCUT2D eigenvalue weighted by Gasteiger charge is 2.36. The van der Waals surface area contributed by atoms with Gasteiger partial charge in [-0.25, -0.2) is 0 Å². The van der Waals surface area contributed by atoms with Gasteiger partial charge in [0.2, 0.25) is 0 Å². The molecule has 0 aromatic heterocycles. The molecule has 1 heterocycles. The van der Waals surface area contributed by atoms with E-state index in [1.165, 1.54) is 218 Å². The summed E-state index contributed by atoms with van der Waals surface area (Å²) in [6, 6.07) is 0. The minimum Gasteiger partial charge on any atom is -0.430 e. The van der Waals surface area contributed by atoms with E-state index in [0.717, 1.165) is 18.6 Å². The minimum atomic E-state index is 0.0226. The van der Waals surface area contributed by atoms with Gasteiger partial charge in [-0.1, -0.05) is 226 Å². The van der Waals surface area contributed by atoms with Gasteiger partial charge in [0.05, 0.1) is 0 Å². The third kappa shape index (κ3) is 26.4. The molecule has 260 valence electrons. The lowest BCUT2D eigenvalue weighted by Gasteiger charge is -2.28. The first-order valence-corrected chi connectivity index (χ1v) is 20.7. The topological polar surface area (TPSA) is 26.3 Å². The van der Waals surface area contributed by atoms with Crippen LogP contribution in [0.5, 0.6) is 0 Å². The third-order valence-corrected chi connectivity index (χ3v) is 10.1. The highest BCUT2D eigenvalue weighted by molar-refractivity contribution is 5.82. The summed E-state index contributed by atoms with van der Waals surface area (Å²) < 4.78 is 5.39. The van der Waals surface area contributed by atoms with Crippen LogP contribution in [0.15, 0.2) is 11.8 Å². The molecular weight excluding hydrogens is 536 g/mol. The van der Waals surface area contributed by atoms with Crippen LogP contribution in [0.1, 0.15) is 245 Å². The van der Waals surface area contributed by atoms with Gasteiger partial charge >= 0.3 is 5.97 Å². The van der Waals surface area contributed by atoms with Crippen molar-refractivity contribution in [1.29, 1.82) is 0 Å². The van der Waals surface area contributed by atoms with Gasteiger partial charge in [0.25, 0.3) is 0 Å². The second kappa shape index (κ2) is 33.6. The summed E-state index contributed by atoms with van der Waals surface area (Å²) in [5.41, 5.74) is 0. The molecule has 1 saturated heterocycles. The maximum Gasteiger partial charge on any atom is 0.321 e. The molecule has 1 fully saturated rings. The number of carbonyl (C=O) groups excluding carboxylic acids is 1. The first kappa shape index (κ1) is 41.2. The number of cyclic esters (lactones) is 1. The van der Waals surface area contributed by atoms with Crippen LogP contribution in [0.2, 0.25) is 0 Å². The van der Waals surface area contributed by atoms with E-state index in [1.807, 2.05) is 0 Å². The zero-order chi connectivity index (χ0) is 31.6. The van der Waals surface area contributed by atoms with Crippen molar-refractivity contribution in [2.24, 2.45) is 5.92 Å². The fraction of sp³-hybridized carbons (Fsp3) is 0.929. The molecular formula is C42H80O2. The summed E-state index contributed by atoms with van der Waals surface area (Å²) in [7, 11) is 0. The maximum atomic E-state index is 12.0. The van der Waals surface area contributed by atoms with E-state index in [2.05, 4.69) is 19.9 Å². The van der Waals surface area contributed by atoms with Gasteiger partial charge in [-0.2, -0.15) is 0 Å². The number of hydrogen-bond donors (Lipinski definition) is 0. The zero-order valence-corrected chi connectivity index (χ0v) is 30.4. The van der Waals surface area contributed by atoms with Crippen LogP contribution in [0.4, 0.5) is 0 Å². The van der Waals surface area contributed by atoms with Crippen LogP contribution in [0.25, 0.3) is 0 Å². The van der Waals surface area contributed by atoms with Crippen molar-refractivity contribution in [1.82, 2.24) is 0 Å². The number of unbranched alkanes of at least 4 members (excludes halogenated alkanes) is 33. The van der Waals surface area contributed by atoms with Crippen molar-refractivity contribution in [2.45, 2.75) is 245 Å². The highest BCUT2D eigenvalue weighted by atomic mass is 16.6. The number of rotatable bonds is 36. The SMILES string of the molecule is CCCCCCCCCCCCCCCCCCCCCC/C=C1\OC(=O)C1CCCCCCCCCCCCCCCC. The molecule has 2 nitrogen and oxygen atoms in total. The molecule has 0 aromatic carbocycles. The third-order valence-electron chi connectivity index (χ3n) is 10.1. The van der Waals surface area contributed by atoms with Crippen molar-refractivity contribution >= 4 is 5.97 Å². The number of carbonyl (C=O) groups is 1. The summed E-state index contributed by atoms with van der Waals surface area (Å²) in [5, 5.41) is 0. The zero-order valence-electron chi connectivity index (χ0n) is 30.4. The Hall–Kier alpha value is -0.790. The fourth-order valence-electron chi connectivity index (χ4n) is 6.95. The summed E-state index contributed by atoms with van der Waals surface area (Å²) in [6.45, 7) is 4.59. The molecule has 0 N–H and O–H groups in total. The van der Waals surface area contributed by atoms with E-state index in [1.54, 1.807) is 0 Å². The second-order valence-corrected chi connectivity index (χ2v) is 14.5. The Labute approximate surface area is 277 Å². The Morgan fingerprint density at radius 2 is 0.682 bits per heavy atom. The fourth-order valence-corrected chi connectivity index (χ4v) is 6.95. The average molecular weight is 617 g/mol. The lowest BCUT2D eigenvalue weighted by atomic mass is 9.93. The largest absolute Gasteiger partial charge is 0.430 e. The molecule has 1 rings (SSSR count). The normalized spacial score (nSPS) is 15.6. The van der Waals surface area contributed by atoms with Gasteiger partial charge in [-0.05, 0) is 25.3 Å². The lowest BCUT2D eigenvalue weighted by molar-refractivity contribution is -0.157. The first-order valence-electron chi connectivity index (χ1n) is 20.7. The molecule has 0 saturated carbocycles. The van der Waals surface area contributed by atoms with E-state index in [9.17, 15) is 4.79 Å². The number of ether oxygens (including phenoxy) is 1.